The minimum absolute atomic E-state index is 0.0603. The van der Waals surface area contributed by atoms with Crippen molar-refractivity contribution >= 4 is 5.97 Å². The van der Waals surface area contributed by atoms with Crippen molar-refractivity contribution in [1.29, 1.82) is 0 Å². The first-order chi connectivity index (χ1) is 12.3. The zero-order chi connectivity index (χ0) is 17.6. The Bertz CT molecular complexity index is 621. The molecule has 0 amide bonds. The second kappa shape index (κ2) is 8.30. The van der Waals surface area contributed by atoms with Gasteiger partial charge in [-0.3, -0.25) is 4.79 Å². The van der Waals surface area contributed by atoms with Crippen LogP contribution in [0.5, 0.6) is 0 Å². The van der Waals surface area contributed by atoms with Crippen molar-refractivity contribution < 1.29 is 9.53 Å². The van der Waals surface area contributed by atoms with Crippen LogP contribution in [-0.2, 0) is 9.53 Å². The Kier molecular flexibility index (Phi) is 5.87. The van der Waals surface area contributed by atoms with Crippen molar-refractivity contribution in [2.45, 2.75) is 25.7 Å². The Balaban J connectivity index is 1.68. The van der Waals surface area contributed by atoms with E-state index in [1.165, 1.54) is 11.1 Å². The monoisotopic (exact) mass is 337 g/mol. The second-order valence-electron chi connectivity index (χ2n) is 6.59. The first kappa shape index (κ1) is 17.7. The lowest BCUT2D eigenvalue weighted by molar-refractivity contribution is -0.145. The molecule has 0 bridgehead atoms. The fourth-order valence-electron chi connectivity index (χ4n) is 3.70. The number of hydrogen-bond acceptors (Lipinski definition) is 3. The van der Waals surface area contributed by atoms with E-state index in [9.17, 15) is 4.79 Å². The molecule has 1 aliphatic rings. The van der Waals surface area contributed by atoms with Crippen LogP contribution in [0.2, 0.25) is 0 Å². The van der Waals surface area contributed by atoms with Gasteiger partial charge >= 0.3 is 5.97 Å². The lowest BCUT2D eigenvalue weighted by Crippen LogP contribution is -2.28. The summed E-state index contributed by atoms with van der Waals surface area (Å²) >= 11 is 0. The third-order valence-electron chi connectivity index (χ3n) is 5.21. The zero-order valence-electron chi connectivity index (χ0n) is 15.1. The third kappa shape index (κ3) is 4.10. The van der Waals surface area contributed by atoms with E-state index in [4.69, 9.17) is 4.74 Å². The summed E-state index contributed by atoms with van der Waals surface area (Å²) in [5.41, 5.74) is 2.45. The van der Waals surface area contributed by atoms with Gasteiger partial charge in [0.25, 0.3) is 0 Å². The van der Waals surface area contributed by atoms with Crippen molar-refractivity contribution in [3.63, 3.8) is 0 Å². The molecule has 0 aliphatic heterocycles. The van der Waals surface area contributed by atoms with Gasteiger partial charge in [-0.15, -0.1) is 0 Å². The van der Waals surface area contributed by atoms with E-state index in [1.807, 2.05) is 36.4 Å². The van der Waals surface area contributed by atoms with Crippen molar-refractivity contribution in [3.05, 3.63) is 71.8 Å². The van der Waals surface area contributed by atoms with Crippen LogP contribution >= 0.6 is 0 Å². The summed E-state index contributed by atoms with van der Waals surface area (Å²) in [6.07, 6.45) is 0. The summed E-state index contributed by atoms with van der Waals surface area (Å²) in [4.78, 5) is 15.0. The number of carbonyl (C=O) groups excluding carboxylic acids is 1. The number of rotatable bonds is 8. The Morgan fingerprint density at radius 3 is 1.80 bits per heavy atom. The van der Waals surface area contributed by atoms with Crippen molar-refractivity contribution in [3.8, 4) is 0 Å². The molecule has 0 spiro atoms. The molecule has 132 valence electrons. The van der Waals surface area contributed by atoms with Gasteiger partial charge < -0.3 is 9.64 Å². The van der Waals surface area contributed by atoms with Gasteiger partial charge in [0.05, 0.1) is 5.92 Å². The van der Waals surface area contributed by atoms with Crippen LogP contribution < -0.4 is 0 Å². The van der Waals surface area contributed by atoms with Gasteiger partial charge in [0.2, 0.25) is 0 Å². The van der Waals surface area contributed by atoms with E-state index >= 15 is 0 Å². The molecule has 2 unspecified atom stereocenters. The molecule has 1 saturated carbocycles. The standard InChI is InChI=1S/C22H27NO2/c1-3-23(4-2)15-16-25-22(24)21-19(17-11-7-5-8-12-17)20(21)18-13-9-6-10-14-18/h5-14,19-21H,3-4,15-16H2,1-2H3. The highest BCUT2D eigenvalue weighted by molar-refractivity contribution is 5.80. The molecule has 0 saturated heterocycles. The van der Waals surface area contributed by atoms with Crippen LogP contribution in [0.3, 0.4) is 0 Å². The molecule has 3 heteroatoms. The van der Waals surface area contributed by atoms with Crippen molar-refractivity contribution in [1.82, 2.24) is 4.90 Å². The lowest BCUT2D eigenvalue weighted by Gasteiger charge is -2.17. The number of benzene rings is 2. The predicted molar refractivity (Wildman–Crippen MR) is 101 cm³/mol. The zero-order valence-corrected chi connectivity index (χ0v) is 15.1. The van der Waals surface area contributed by atoms with E-state index in [0.717, 1.165) is 19.6 Å². The molecule has 2 aromatic rings. The highest BCUT2D eigenvalue weighted by Gasteiger charge is 2.56. The van der Waals surface area contributed by atoms with Crippen LogP contribution in [-0.4, -0.2) is 37.1 Å². The fraction of sp³-hybridized carbons (Fsp3) is 0.409. The van der Waals surface area contributed by atoms with Crippen molar-refractivity contribution in [2.24, 2.45) is 5.92 Å². The molecule has 0 aromatic heterocycles. The van der Waals surface area contributed by atoms with E-state index in [1.54, 1.807) is 0 Å². The highest BCUT2D eigenvalue weighted by atomic mass is 16.5. The predicted octanol–water partition coefficient (Wildman–Crippen LogP) is 4.07. The molecule has 0 heterocycles. The lowest BCUT2D eigenvalue weighted by atomic mass is 10.0. The molecule has 2 atom stereocenters. The molecular formula is C22H27NO2. The number of hydrogen-bond donors (Lipinski definition) is 0. The summed E-state index contributed by atoms with van der Waals surface area (Å²) in [5.74, 6) is 0.325. The van der Waals surface area contributed by atoms with E-state index in [-0.39, 0.29) is 23.7 Å². The molecule has 3 nitrogen and oxygen atoms in total. The Morgan fingerprint density at radius 2 is 1.36 bits per heavy atom. The van der Waals surface area contributed by atoms with Gasteiger partial charge in [-0.1, -0.05) is 74.5 Å². The average Bonchev–Trinajstić information content (AvgIpc) is 3.42. The normalized spacial score (nSPS) is 22.0. The molecule has 0 radical (unpaired) electrons. The second-order valence-corrected chi connectivity index (χ2v) is 6.59. The van der Waals surface area contributed by atoms with Crippen molar-refractivity contribution in [2.75, 3.05) is 26.2 Å². The summed E-state index contributed by atoms with van der Waals surface area (Å²) < 4.78 is 5.62. The number of esters is 1. The van der Waals surface area contributed by atoms with E-state index < -0.39 is 0 Å². The quantitative estimate of drug-likeness (QED) is 0.680. The average molecular weight is 337 g/mol. The van der Waals surface area contributed by atoms with Crippen LogP contribution in [0.1, 0.15) is 36.8 Å². The summed E-state index contributed by atoms with van der Waals surface area (Å²) in [7, 11) is 0. The summed E-state index contributed by atoms with van der Waals surface area (Å²) in [6, 6.07) is 20.6. The van der Waals surface area contributed by atoms with Gasteiger partial charge in [0.1, 0.15) is 6.61 Å². The van der Waals surface area contributed by atoms with Crippen LogP contribution in [0.15, 0.2) is 60.7 Å². The number of nitrogens with zero attached hydrogens (tertiary/aromatic N) is 1. The fourth-order valence-corrected chi connectivity index (χ4v) is 3.70. The maximum absolute atomic E-state index is 12.7. The van der Waals surface area contributed by atoms with Gasteiger partial charge in [0.15, 0.2) is 0 Å². The van der Waals surface area contributed by atoms with Gasteiger partial charge in [-0.05, 0) is 24.2 Å². The maximum atomic E-state index is 12.7. The van der Waals surface area contributed by atoms with Gasteiger partial charge in [0, 0.05) is 18.4 Å². The molecule has 25 heavy (non-hydrogen) atoms. The topological polar surface area (TPSA) is 29.5 Å². The Hall–Kier alpha value is -2.13. The minimum Gasteiger partial charge on any atom is -0.464 e. The number of carbonyl (C=O) groups is 1. The Morgan fingerprint density at radius 1 is 0.880 bits per heavy atom. The SMILES string of the molecule is CCN(CC)CCOC(=O)C1C(c2ccccc2)C1c1ccccc1. The molecule has 0 N–H and O–H groups in total. The first-order valence-corrected chi connectivity index (χ1v) is 9.25. The van der Waals surface area contributed by atoms with E-state index in [0.29, 0.717) is 6.61 Å². The smallest absolute Gasteiger partial charge is 0.310 e. The summed E-state index contributed by atoms with van der Waals surface area (Å²) in [6.45, 7) is 7.50. The van der Waals surface area contributed by atoms with E-state index in [2.05, 4.69) is 43.0 Å². The third-order valence-corrected chi connectivity index (χ3v) is 5.21. The van der Waals surface area contributed by atoms with Crippen LogP contribution in [0.4, 0.5) is 0 Å². The molecular weight excluding hydrogens is 310 g/mol. The molecule has 3 rings (SSSR count). The molecule has 2 aromatic carbocycles. The summed E-state index contributed by atoms with van der Waals surface area (Å²) in [5, 5.41) is 0. The highest BCUT2D eigenvalue weighted by Crippen LogP contribution is 2.60. The Labute approximate surface area is 150 Å². The van der Waals surface area contributed by atoms with Crippen LogP contribution in [0, 0.1) is 5.92 Å². The molecule has 1 aliphatic carbocycles. The number of likely N-dealkylation sites (N-methyl/N-ethyl adjacent to an activating group) is 1. The largest absolute Gasteiger partial charge is 0.464 e. The number of ether oxygens (including phenoxy) is 1. The van der Waals surface area contributed by atoms with Gasteiger partial charge in [-0.2, -0.15) is 0 Å². The van der Waals surface area contributed by atoms with Gasteiger partial charge in [-0.25, -0.2) is 0 Å². The minimum atomic E-state index is -0.0681. The first-order valence-electron chi connectivity index (χ1n) is 9.25. The van der Waals surface area contributed by atoms with Crippen LogP contribution in [0.25, 0.3) is 0 Å². The maximum Gasteiger partial charge on any atom is 0.310 e. The molecule has 1 fully saturated rings.